The van der Waals surface area contributed by atoms with E-state index in [1.54, 1.807) is 19.1 Å². The van der Waals surface area contributed by atoms with Crippen LogP contribution in [0.4, 0.5) is 0 Å². The minimum absolute atomic E-state index is 0.143. The summed E-state index contributed by atoms with van der Waals surface area (Å²) in [7, 11) is 0. The van der Waals surface area contributed by atoms with E-state index in [1.807, 2.05) is 0 Å². The zero-order chi connectivity index (χ0) is 10.1. The SMILES string of the molecule is CC1=CC(=O)C(c2ccco2)=CC1=O. The van der Waals surface area contributed by atoms with Crippen LogP contribution in [0.2, 0.25) is 0 Å². The molecule has 14 heavy (non-hydrogen) atoms. The standard InChI is InChI=1S/C11H8O3/c1-7-5-10(13)8(6-9(7)12)11-3-2-4-14-11/h2-6H,1H3. The van der Waals surface area contributed by atoms with Crippen molar-refractivity contribution in [2.45, 2.75) is 6.92 Å². The fourth-order valence-corrected chi connectivity index (χ4v) is 1.29. The van der Waals surface area contributed by atoms with Gasteiger partial charge in [-0.1, -0.05) is 0 Å². The van der Waals surface area contributed by atoms with Crippen LogP contribution in [0, 0.1) is 0 Å². The number of furan rings is 1. The van der Waals surface area contributed by atoms with E-state index in [4.69, 9.17) is 4.42 Å². The van der Waals surface area contributed by atoms with Crippen molar-refractivity contribution < 1.29 is 14.0 Å². The highest BCUT2D eigenvalue weighted by Gasteiger charge is 2.20. The van der Waals surface area contributed by atoms with Gasteiger partial charge in [-0.3, -0.25) is 9.59 Å². The third-order valence-electron chi connectivity index (χ3n) is 2.06. The van der Waals surface area contributed by atoms with Crippen molar-refractivity contribution >= 4 is 17.1 Å². The molecular formula is C11H8O3. The second-order valence-electron chi connectivity index (χ2n) is 3.09. The van der Waals surface area contributed by atoms with Gasteiger partial charge in [-0.05, 0) is 25.1 Å². The lowest BCUT2D eigenvalue weighted by atomic mass is 9.97. The monoisotopic (exact) mass is 188 g/mol. The molecule has 0 spiro atoms. The van der Waals surface area contributed by atoms with Crippen molar-refractivity contribution in [1.82, 2.24) is 0 Å². The van der Waals surface area contributed by atoms with Gasteiger partial charge in [0.25, 0.3) is 0 Å². The van der Waals surface area contributed by atoms with Crippen LogP contribution in [-0.4, -0.2) is 11.6 Å². The Labute approximate surface area is 80.7 Å². The van der Waals surface area contributed by atoms with Crippen LogP contribution < -0.4 is 0 Å². The molecule has 0 aromatic carbocycles. The second-order valence-corrected chi connectivity index (χ2v) is 3.09. The van der Waals surface area contributed by atoms with Gasteiger partial charge in [0.05, 0.1) is 11.8 Å². The molecule has 0 bridgehead atoms. The van der Waals surface area contributed by atoms with Gasteiger partial charge in [-0.2, -0.15) is 0 Å². The Balaban J connectivity index is 2.44. The first-order valence-corrected chi connectivity index (χ1v) is 4.21. The zero-order valence-electron chi connectivity index (χ0n) is 7.61. The summed E-state index contributed by atoms with van der Waals surface area (Å²) in [5, 5.41) is 0. The average molecular weight is 188 g/mol. The lowest BCUT2D eigenvalue weighted by molar-refractivity contribution is -0.114. The van der Waals surface area contributed by atoms with Crippen LogP contribution >= 0.6 is 0 Å². The Hall–Kier alpha value is -1.90. The smallest absolute Gasteiger partial charge is 0.190 e. The van der Waals surface area contributed by atoms with E-state index in [1.165, 1.54) is 18.4 Å². The molecule has 1 aliphatic carbocycles. The van der Waals surface area contributed by atoms with Crippen molar-refractivity contribution in [3.8, 4) is 0 Å². The number of hydrogen-bond donors (Lipinski definition) is 0. The quantitative estimate of drug-likeness (QED) is 0.631. The van der Waals surface area contributed by atoms with E-state index >= 15 is 0 Å². The van der Waals surface area contributed by atoms with E-state index in [2.05, 4.69) is 0 Å². The highest BCUT2D eigenvalue weighted by molar-refractivity contribution is 6.34. The molecule has 0 amide bonds. The highest BCUT2D eigenvalue weighted by atomic mass is 16.3. The van der Waals surface area contributed by atoms with Crippen LogP contribution in [0.15, 0.2) is 40.5 Å². The summed E-state index contributed by atoms with van der Waals surface area (Å²) in [6, 6.07) is 3.34. The van der Waals surface area contributed by atoms with Gasteiger partial charge in [0.15, 0.2) is 11.6 Å². The summed E-state index contributed by atoms with van der Waals surface area (Å²) in [6.45, 7) is 1.62. The maximum atomic E-state index is 11.5. The predicted octanol–water partition coefficient (Wildman–Crippen LogP) is 1.76. The van der Waals surface area contributed by atoms with E-state index < -0.39 is 0 Å². The third-order valence-corrected chi connectivity index (χ3v) is 2.06. The zero-order valence-corrected chi connectivity index (χ0v) is 7.61. The van der Waals surface area contributed by atoms with E-state index in [-0.39, 0.29) is 11.6 Å². The molecule has 0 fully saturated rings. The largest absolute Gasteiger partial charge is 0.464 e. The number of hydrogen-bond acceptors (Lipinski definition) is 3. The van der Waals surface area contributed by atoms with Crippen molar-refractivity contribution in [2.24, 2.45) is 0 Å². The predicted molar refractivity (Wildman–Crippen MR) is 50.5 cm³/mol. The van der Waals surface area contributed by atoms with Gasteiger partial charge in [-0.25, -0.2) is 0 Å². The molecule has 3 heteroatoms. The van der Waals surface area contributed by atoms with Gasteiger partial charge < -0.3 is 4.42 Å². The minimum atomic E-state index is -0.183. The lowest BCUT2D eigenvalue weighted by Gasteiger charge is -2.06. The van der Waals surface area contributed by atoms with Gasteiger partial charge in [0.2, 0.25) is 0 Å². The number of carbonyl (C=O) groups is 2. The molecule has 1 aromatic heterocycles. The number of ketones is 2. The Morgan fingerprint density at radius 3 is 2.57 bits per heavy atom. The first-order valence-electron chi connectivity index (χ1n) is 4.21. The van der Waals surface area contributed by atoms with E-state index in [0.29, 0.717) is 16.9 Å². The molecule has 0 saturated carbocycles. The Morgan fingerprint density at radius 2 is 1.93 bits per heavy atom. The topological polar surface area (TPSA) is 47.3 Å². The van der Waals surface area contributed by atoms with Crippen molar-refractivity contribution in [3.05, 3.63) is 41.9 Å². The van der Waals surface area contributed by atoms with Crippen molar-refractivity contribution in [1.29, 1.82) is 0 Å². The fourth-order valence-electron chi connectivity index (χ4n) is 1.29. The van der Waals surface area contributed by atoms with Crippen LogP contribution in [0.5, 0.6) is 0 Å². The summed E-state index contributed by atoms with van der Waals surface area (Å²) >= 11 is 0. The first kappa shape index (κ1) is 8.69. The fraction of sp³-hybridized carbons (Fsp3) is 0.0909. The van der Waals surface area contributed by atoms with Crippen LogP contribution in [-0.2, 0) is 9.59 Å². The number of carbonyl (C=O) groups excluding carboxylic acids is 2. The maximum Gasteiger partial charge on any atom is 0.190 e. The molecule has 0 saturated heterocycles. The summed E-state index contributed by atoms with van der Waals surface area (Å²) in [5.74, 6) is 0.111. The third kappa shape index (κ3) is 1.33. The maximum absolute atomic E-state index is 11.5. The second kappa shape index (κ2) is 3.10. The highest BCUT2D eigenvalue weighted by Crippen LogP contribution is 2.21. The molecule has 0 atom stereocenters. The molecule has 0 radical (unpaired) electrons. The summed E-state index contributed by atoms with van der Waals surface area (Å²) in [6.07, 6.45) is 4.12. The first-order chi connectivity index (χ1) is 6.68. The average Bonchev–Trinajstić information content (AvgIpc) is 2.64. The van der Waals surface area contributed by atoms with Crippen LogP contribution in [0.3, 0.4) is 0 Å². The van der Waals surface area contributed by atoms with Gasteiger partial charge in [-0.15, -0.1) is 0 Å². The summed E-state index contributed by atoms with van der Waals surface area (Å²) in [5.41, 5.74) is 0.788. The summed E-state index contributed by atoms with van der Waals surface area (Å²) in [4.78, 5) is 22.8. The van der Waals surface area contributed by atoms with Crippen molar-refractivity contribution in [3.63, 3.8) is 0 Å². The van der Waals surface area contributed by atoms with Crippen LogP contribution in [0.1, 0.15) is 12.7 Å². The molecule has 3 nitrogen and oxygen atoms in total. The Kier molecular flexibility index (Phi) is 1.93. The van der Waals surface area contributed by atoms with Gasteiger partial charge >= 0.3 is 0 Å². The lowest BCUT2D eigenvalue weighted by Crippen LogP contribution is -2.10. The van der Waals surface area contributed by atoms with E-state index in [0.717, 1.165) is 0 Å². The molecule has 0 N–H and O–H groups in total. The molecular weight excluding hydrogens is 180 g/mol. The van der Waals surface area contributed by atoms with Crippen molar-refractivity contribution in [2.75, 3.05) is 0 Å². The molecule has 70 valence electrons. The molecule has 0 aliphatic heterocycles. The van der Waals surface area contributed by atoms with Gasteiger partial charge in [0, 0.05) is 11.6 Å². The number of allylic oxidation sites excluding steroid dienone is 4. The molecule has 2 rings (SSSR count). The molecule has 1 aliphatic rings. The molecule has 0 unspecified atom stereocenters. The normalized spacial score (nSPS) is 16.6. The van der Waals surface area contributed by atoms with Gasteiger partial charge in [0.1, 0.15) is 5.76 Å². The Morgan fingerprint density at radius 1 is 1.14 bits per heavy atom. The Bertz CT molecular complexity index is 447. The van der Waals surface area contributed by atoms with Crippen LogP contribution in [0.25, 0.3) is 5.57 Å². The minimum Gasteiger partial charge on any atom is -0.464 e. The molecule has 1 heterocycles. The number of rotatable bonds is 1. The summed E-state index contributed by atoms with van der Waals surface area (Å²) < 4.78 is 5.06. The molecule has 1 aromatic rings. The van der Waals surface area contributed by atoms with E-state index in [9.17, 15) is 9.59 Å².